The van der Waals surface area contributed by atoms with Crippen LogP contribution in [0.2, 0.25) is 0 Å². The molecular formula is C18H22BrNO. The molecule has 2 rings (SSSR count). The van der Waals surface area contributed by atoms with E-state index in [0.29, 0.717) is 5.75 Å². The van der Waals surface area contributed by atoms with Crippen LogP contribution in [0.4, 0.5) is 0 Å². The Labute approximate surface area is 135 Å². The van der Waals surface area contributed by atoms with Crippen molar-refractivity contribution in [3.05, 3.63) is 64.1 Å². The van der Waals surface area contributed by atoms with Gasteiger partial charge in [0.25, 0.3) is 0 Å². The Kier molecular flexibility index (Phi) is 5.07. The molecule has 2 nitrogen and oxygen atoms in total. The van der Waals surface area contributed by atoms with Gasteiger partial charge in [-0.2, -0.15) is 0 Å². The average Bonchev–Trinajstić information content (AvgIpc) is 2.46. The van der Waals surface area contributed by atoms with Gasteiger partial charge in [0, 0.05) is 21.6 Å². The molecular weight excluding hydrogens is 326 g/mol. The molecule has 0 aliphatic heterocycles. The molecule has 1 unspecified atom stereocenters. The minimum absolute atomic E-state index is 0.116. The third kappa shape index (κ3) is 3.86. The number of phenols is 1. The van der Waals surface area contributed by atoms with Crippen molar-refractivity contribution >= 4 is 15.9 Å². The van der Waals surface area contributed by atoms with E-state index in [-0.39, 0.29) is 11.6 Å². The minimum Gasteiger partial charge on any atom is -0.508 e. The van der Waals surface area contributed by atoms with Crippen LogP contribution in [-0.2, 0) is 5.54 Å². The Morgan fingerprint density at radius 3 is 2.29 bits per heavy atom. The normalized spacial score (nSPS) is 13.1. The number of para-hydroxylation sites is 1. The highest BCUT2D eigenvalue weighted by molar-refractivity contribution is 9.10. The highest BCUT2D eigenvalue weighted by atomic mass is 79.9. The van der Waals surface area contributed by atoms with Gasteiger partial charge in [0.05, 0.1) is 0 Å². The number of hydrogen-bond acceptors (Lipinski definition) is 2. The number of nitrogens with one attached hydrogen (secondary N) is 1. The maximum Gasteiger partial charge on any atom is 0.120 e. The summed E-state index contributed by atoms with van der Waals surface area (Å²) in [6.45, 7) is 6.46. The third-order valence-electron chi connectivity index (χ3n) is 3.82. The Balaban J connectivity index is 2.25. The number of rotatable bonds is 5. The first-order chi connectivity index (χ1) is 9.94. The van der Waals surface area contributed by atoms with Gasteiger partial charge in [-0.25, -0.2) is 0 Å². The molecule has 0 radical (unpaired) electrons. The number of phenolic OH excluding ortho intramolecular Hbond substituents is 1. The minimum atomic E-state index is -0.177. The van der Waals surface area contributed by atoms with Gasteiger partial charge in [0.15, 0.2) is 0 Å². The quantitative estimate of drug-likeness (QED) is 0.785. The van der Waals surface area contributed by atoms with Gasteiger partial charge < -0.3 is 10.4 Å². The fourth-order valence-electron chi connectivity index (χ4n) is 2.57. The molecule has 0 saturated heterocycles. The van der Waals surface area contributed by atoms with Gasteiger partial charge in [-0.3, -0.25) is 0 Å². The monoisotopic (exact) mass is 347 g/mol. The predicted octanol–water partition coefficient (Wildman–Crippen LogP) is 5.13. The van der Waals surface area contributed by atoms with Crippen molar-refractivity contribution in [2.45, 2.75) is 38.8 Å². The second-order valence-corrected chi connectivity index (χ2v) is 6.71. The van der Waals surface area contributed by atoms with E-state index in [1.54, 1.807) is 6.07 Å². The fraction of sp³-hybridized carbons (Fsp3) is 0.333. The molecule has 2 aromatic carbocycles. The molecule has 0 spiro atoms. The molecule has 2 N–H and O–H groups in total. The smallest absolute Gasteiger partial charge is 0.120 e. The maximum atomic E-state index is 10.1. The molecule has 1 atom stereocenters. The zero-order chi connectivity index (χ0) is 15.5. The van der Waals surface area contributed by atoms with E-state index in [1.807, 2.05) is 18.2 Å². The fourth-order valence-corrected chi connectivity index (χ4v) is 2.83. The Morgan fingerprint density at radius 2 is 1.71 bits per heavy atom. The maximum absolute atomic E-state index is 10.1. The van der Waals surface area contributed by atoms with Crippen LogP contribution in [0.1, 0.15) is 44.4 Å². The summed E-state index contributed by atoms with van der Waals surface area (Å²) < 4.78 is 1.08. The molecule has 0 amide bonds. The molecule has 0 aliphatic rings. The lowest BCUT2D eigenvalue weighted by molar-refractivity contribution is 0.331. The van der Waals surface area contributed by atoms with Crippen LogP contribution in [0, 0.1) is 0 Å². The standard InChI is InChI=1S/C18H22BrNO/c1-4-16(15-7-5-6-8-17(15)21)20-18(2,3)13-9-11-14(19)12-10-13/h5-12,16,20-21H,4H2,1-3H3. The SMILES string of the molecule is CCC(NC(C)(C)c1ccc(Br)cc1)c1ccccc1O. The van der Waals surface area contributed by atoms with Crippen LogP contribution in [0.3, 0.4) is 0 Å². The first kappa shape index (κ1) is 16.1. The van der Waals surface area contributed by atoms with Crippen LogP contribution < -0.4 is 5.32 Å². The zero-order valence-corrected chi connectivity index (χ0v) is 14.3. The van der Waals surface area contributed by atoms with Gasteiger partial charge in [0.1, 0.15) is 5.75 Å². The van der Waals surface area contributed by atoms with Crippen molar-refractivity contribution in [1.82, 2.24) is 5.32 Å². The van der Waals surface area contributed by atoms with Crippen LogP contribution in [0.5, 0.6) is 5.75 Å². The van der Waals surface area contributed by atoms with E-state index in [9.17, 15) is 5.11 Å². The van der Waals surface area contributed by atoms with Gasteiger partial charge in [0.2, 0.25) is 0 Å². The first-order valence-corrected chi connectivity index (χ1v) is 8.05. The summed E-state index contributed by atoms with van der Waals surface area (Å²) in [7, 11) is 0. The molecule has 3 heteroatoms. The van der Waals surface area contributed by atoms with Crippen LogP contribution >= 0.6 is 15.9 Å². The predicted molar refractivity (Wildman–Crippen MR) is 91.4 cm³/mol. The van der Waals surface area contributed by atoms with Crippen molar-refractivity contribution in [3.8, 4) is 5.75 Å². The van der Waals surface area contributed by atoms with E-state index < -0.39 is 0 Å². The second kappa shape index (κ2) is 6.63. The van der Waals surface area contributed by atoms with E-state index in [1.165, 1.54) is 5.56 Å². The molecule has 21 heavy (non-hydrogen) atoms. The van der Waals surface area contributed by atoms with E-state index >= 15 is 0 Å². The second-order valence-electron chi connectivity index (χ2n) is 5.80. The van der Waals surface area contributed by atoms with E-state index in [2.05, 4.69) is 66.3 Å². The summed E-state index contributed by atoms with van der Waals surface area (Å²) in [6, 6.07) is 16.0. The summed E-state index contributed by atoms with van der Waals surface area (Å²) in [4.78, 5) is 0. The van der Waals surface area contributed by atoms with Crippen LogP contribution in [-0.4, -0.2) is 5.11 Å². The lowest BCUT2D eigenvalue weighted by Crippen LogP contribution is -2.39. The summed E-state index contributed by atoms with van der Waals surface area (Å²) >= 11 is 3.47. The molecule has 0 aliphatic carbocycles. The molecule has 112 valence electrons. The summed E-state index contributed by atoms with van der Waals surface area (Å²) in [5, 5.41) is 13.7. The zero-order valence-electron chi connectivity index (χ0n) is 12.7. The van der Waals surface area contributed by atoms with Crippen molar-refractivity contribution in [2.24, 2.45) is 0 Å². The van der Waals surface area contributed by atoms with Gasteiger partial charge in [-0.1, -0.05) is 53.2 Å². The van der Waals surface area contributed by atoms with Crippen LogP contribution in [0.25, 0.3) is 0 Å². The van der Waals surface area contributed by atoms with Crippen molar-refractivity contribution in [1.29, 1.82) is 0 Å². The Bertz CT molecular complexity index is 592. The van der Waals surface area contributed by atoms with Gasteiger partial charge in [-0.15, -0.1) is 0 Å². The highest BCUT2D eigenvalue weighted by Gasteiger charge is 2.25. The lowest BCUT2D eigenvalue weighted by atomic mass is 9.91. The number of halogens is 1. The Morgan fingerprint density at radius 1 is 1.10 bits per heavy atom. The number of aromatic hydroxyl groups is 1. The van der Waals surface area contributed by atoms with E-state index in [4.69, 9.17) is 0 Å². The van der Waals surface area contributed by atoms with Crippen LogP contribution in [0.15, 0.2) is 53.0 Å². The van der Waals surface area contributed by atoms with Crippen molar-refractivity contribution in [2.75, 3.05) is 0 Å². The van der Waals surface area contributed by atoms with Crippen molar-refractivity contribution in [3.63, 3.8) is 0 Å². The van der Waals surface area contributed by atoms with Gasteiger partial charge in [-0.05, 0) is 44.0 Å². The Hall–Kier alpha value is -1.32. The molecule has 0 saturated carbocycles. The largest absolute Gasteiger partial charge is 0.508 e. The summed E-state index contributed by atoms with van der Waals surface area (Å²) in [6.07, 6.45) is 0.914. The average molecular weight is 348 g/mol. The lowest BCUT2D eigenvalue weighted by Gasteiger charge is -2.32. The van der Waals surface area contributed by atoms with E-state index in [0.717, 1.165) is 16.5 Å². The first-order valence-electron chi connectivity index (χ1n) is 7.25. The topological polar surface area (TPSA) is 32.3 Å². The number of hydrogen-bond donors (Lipinski definition) is 2. The molecule has 0 bridgehead atoms. The van der Waals surface area contributed by atoms with Crippen molar-refractivity contribution < 1.29 is 5.11 Å². The number of benzene rings is 2. The van der Waals surface area contributed by atoms with Gasteiger partial charge >= 0.3 is 0 Å². The summed E-state index contributed by atoms with van der Waals surface area (Å²) in [5.41, 5.74) is 1.99. The molecule has 0 heterocycles. The molecule has 0 aromatic heterocycles. The molecule has 0 fully saturated rings. The molecule has 2 aromatic rings. The third-order valence-corrected chi connectivity index (χ3v) is 4.35. The summed E-state index contributed by atoms with van der Waals surface area (Å²) in [5.74, 6) is 0.350. The highest BCUT2D eigenvalue weighted by Crippen LogP contribution is 2.31.